The van der Waals surface area contributed by atoms with Crippen molar-refractivity contribution < 1.29 is 4.39 Å². The highest BCUT2D eigenvalue weighted by Gasteiger charge is 2.21. The van der Waals surface area contributed by atoms with E-state index in [4.69, 9.17) is 11.6 Å². The molecule has 1 heterocycles. The standard InChI is InChI=1S/C28H34ClFN4/c1-3-23-24(8-5-9-27(23)32-17-20-6-4-7-21(30)14-20)25-15-28(33-18-26(25)29)34-22-12-10-19(11-13-22)16-31-2/h4-9,14-15,18-19,22,31-32H,3,10-13,16-17H2,1-2H3,(H,33,34). The largest absolute Gasteiger partial charge is 0.381 e. The van der Waals surface area contributed by atoms with Crippen LogP contribution in [-0.4, -0.2) is 24.6 Å². The average molecular weight is 481 g/mol. The van der Waals surface area contributed by atoms with Gasteiger partial charge in [0.1, 0.15) is 11.6 Å². The Balaban J connectivity index is 1.52. The number of nitrogens with zero attached hydrogens (tertiary/aromatic N) is 1. The molecule has 2 aromatic carbocycles. The lowest BCUT2D eigenvalue weighted by molar-refractivity contribution is 0.331. The molecular weight excluding hydrogens is 447 g/mol. The maximum Gasteiger partial charge on any atom is 0.126 e. The van der Waals surface area contributed by atoms with Crippen molar-refractivity contribution >= 4 is 23.1 Å². The Hall–Kier alpha value is -2.63. The van der Waals surface area contributed by atoms with E-state index in [-0.39, 0.29) is 5.82 Å². The van der Waals surface area contributed by atoms with Crippen LogP contribution in [0.15, 0.2) is 54.7 Å². The van der Waals surface area contributed by atoms with E-state index in [1.165, 1.54) is 24.5 Å². The zero-order chi connectivity index (χ0) is 23.9. The van der Waals surface area contributed by atoms with Crippen LogP contribution in [0.2, 0.25) is 5.02 Å². The lowest BCUT2D eigenvalue weighted by Gasteiger charge is -2.29. The maximum absolute atomic E-state index is 13.6. The number of benzene rings is 2. The van der Waals surface area contributed by atoms with Gasteiger partial charge in [-0.1, -0.05) is 42.8 Å². The zero-order valence-corrected chi connectivity index (χ0v) is 20.8. The molecule has 3 aromatic rings. The topological polar surface area (TPSA) is 49.0 Å². The SMILES string of the molecule is CCc1c(NCc2cccc(F)c2)cccc1-c1cc(NC2CCC(CNC)CC2)ncc1Cl. The van der Waals surface area contributed by atoms with Crippen molar-refractivity contribution in [2.24, 2.45) is 5.92 Å². The molecule has 0 atom stereocenters. The summed E-state index contributed by atoms with van der Waals surface area (Å²) in [6.07, 6.45) is 7.38. The Labute approximate surface area is 207 Å². The molecule has 6 heteroatoms. The average Bonchev–Trinajstić information content (AvgIpc) is 2.85. The third kappa shape index (κ3) is 6.08. The molecule has 0 saturated heterocycles. The van der Waals surface area contributed by atoms with Gasteiger partial charge in [0, 0.05) is 30.0 Å². The highest BCUT2D eigenvalue weighted by atomic mass is 35.5. The lowest BCUT2D eigenvalue weighted by atomic mass is 9.86. The summed E-state index contributed by atoms with van der Waals surface area (Å²) in [7, 11) is 2.03. The van der Waals surface area contributed by atoms with E-state index in [1.54, 1.807) is 18.3 Å². The van der Waals surface area contributed by atoms with E-state index in [9.17, 15) is 4.39 Å². The van der Waals surface area contributed by atoms with E-state index in [0.29, 0.717) is 17.6 Å². The van der Waals surface area contributed by atoms with Crippen molar-refractivity contribution in [1.29, 1.82) is 0 Å². The van der Waals surface area contributed by atoms with E-state index in [1.807, 2.05) is 19.2 Å². The molecule has 0 bridgehead atoms. The number of halogens is 2. The van der Waals surface area contributed by atoms with Crippen LogP contribution in [0.25, 0.3) is 11.1 Å². The summed E-state index contributed by atoms with van der Waals surface area (Å²) in [4.78, 5) is 4.57. The third-order valence-corrected chi connectivity index (χ3v) is 7.04. The normalized spacial score (nSPS) is 18.0. The van der Waals surface area contributed by atoms with Crippen molar-refractivity contribution in [3.63, 3.8) is 0 Å². The van der Waals surface area contributed by atoms with Gasteiger partial charge in [0.15, 0.2) is 0 Å². The van der Waals surface area contributed by atoms with Crippen LogP contribution in [0.5, 0.6) is 0 Å². The smallest absolute Gasteiger partial charge is 0.126 e. The highest BCUT2D eigenvalue weighted by Crippen LogP contribution is 2.36. The summed E-state index contributed by atoms with van der Waals surface area (Å²) in [5, 5.41) is 11.1. The van der Waals surface area contributed by atoms with E-state index >= 15 is 0 Å². The fourth-order valence-electron chi connectivity index (χ4n) is 4.96. The maximum atomic E-state index is 13.6. The third-order valence-electron chi connectivity index (χ3n) is 6.74. The monoisotopic (exact) mass is 480 g/mol. The number of hydrogen-bond acceptors (Lipinski definition) is 4. The van der Waals surface area contributed by atoms with E-state index in [0.717, 1.165) is 59.9 Å². The fraction of sp³-hybridized carbons (Fsp3) is 0.393. The van der Waals surface area contributed by atoms with E-state index in [2.05, 4.69) is 46.1 Å². The summed E-state index contributed by atoms with van der Waals surface area (Å²) < 4.78 is 13.6. The lowest BCUT2D eigenvalue weighted by Crippen LogP contribution is -2.30. The Morgan fingerprint density at radius 3 is 2.56 bits per heavy atom. The molecule has 4 nitrogen and oxygen atoms in total. The Kier molecular flexibility index (Phi) is 8.41. The summed E-state index contributed by atoms with van der Waals surface area (Å²) in [5.41, 5.74) is 5.21. The minimum atomic E-state index is -0.220. The molecule has 0 radical (unpaired) electrons. The van der Waals surface area contributed by atoms with Gasteiger partial charge in [-0.3, -0.25) is 0 Å². The predicted octanol–water partition coefficient (Wildman–Crippen LogP) is 6.91. The molecule has 1 aliphatic carbocycles. The van der Waals surface area contributed by atoms with Gasteiger partial charge in [-0.2, -0.15) is 0 Å². The molecular formula is C28H34ClFN4. The van der Waals surface area contributed by atoms with Crippen LogP contribution in [-0.2, 0) is 13.0 Å². The van der Waals surface area contributed by atoms with Crippen LogP contribution < -0.4 is 16.0 Å². The zero-order valence-electron chi connectivity index (χ0n) is 20.0. The number of rotatable bonds is 9. The number of nitrogens with one attached hydrogen (secondary N) is 3. The molecule has 1 aromatic heterocycles. The molecule has 1 fully saturated rings. The van der Waals surface area contributed by atoms with Gasteiger partial charge in [0.25, 0.3) is 0 Å². The van der Waals surface area contributed by atoms with Crippen molar-refractivity contribution in [3.8, 4) is 11.1 Å². The molecule has 3 N–H and O–H groups in total. The van der Waals surface area contributed by atoms with Gasteiger partial charge in [0.2, 0.25) is 0 Å². The number of hydrogen-bond donors (Lipinski definition) is 3. The second-order valence-corrected chi connectivity index (χ2v) is 9.54. The van der Waals surface area contributed by atoms with Crippen molar-refractivity contribution in [3.05, 3.63) is 76.7 Å². The van der Waals surface area contributed by atoms with Gasteiger partial charge in [-0.15, -0.1) is 0 Å². The molecule has 1 saturated carbocycles. The Morgan fingerprint density at radius 2 is 1.82 bits per heavy atom. The van der Waals surface area contributed by atoms with Crippen molar-refractivity contribution in [2.75, 3.05) is 24.2 Å². The molecule has 34 heavy (non-hydrogen) atoms. The number of pyridine rings is 1. The van der Waals surface area contributed by atoms with Crippen LogP contribution >= 0.6 is 11.6 Å². The predicted molar refractivity (Wildman–Crippen MR) is 141 cm³/mol. The Morgan fingerprint density at radius 1 is 1.03 bits per heavy atom. The van der Waals surface area contributed by atoms with Gasteiger partial charge in [0.05, 0.1) is 5.02 Å². The molecule has 0 unspecified atom stereocenters. The first-order valence-corrected chi connectivity index (χ1v) is 12.6. The number of anilines is 2. The second-order valence-electron chi connectivity index (χ2n) is 9.14. The highest BCUT2D eigenvalue weighted by molar-refractivity contribution is 6.33. The molecule has 0 aliphatic heterocycles. The summed E-state index contributed by atoms with van der Waals surface area (Å²) in [6, 6.07) is 15.4. The number of aromatic nitrogens is 1. The summed E-state index contributed by atoms with van der Waals surface area (Å²) in [6.45, 7) is 3.80. The van der Waals surface area contributed by atoms with Crippen molar-refractivity contribution in [2.45, 2.75) is 51.6 Å². The van der Waals surface area contributed by atoms with Crippen LogP contribution in [0.4, 0.5) is 15.9 Å². The van der Waals surface area contributed by atoms with Gasteiger partial charge in [-0.25, -0.2) is 9.37 Å². The first kappa shape index (κ1) is 24.5. The molecule has 0 spiro atoms. The fourth-order valence-corrected chi connectivity index (χ4v) is 5.17. The van der Waals surface area contributed by atoms with Crippen LogP contribution in [0.1, 0.15) is 43.7 Å². The summed E-state index contributed by atoms with van der Waals surface area (Å²) >= 11 is 6.64. The summed E-state index contributed by atoms with van der Waals surface area (Å²) in [5.74, 6) is 1.42. The molecule has 4 rings (SSSR count). The van der Waals surface area contributed by atoms with Gasteiger partial charge >= 0.3 is 0 Å². The van der Waals surface area contributed by atoms with Crippen LogP contribution in [0, 0.1) is 11.7 Å². The first-order chi connectivity index (χ1) is 16.6. The van der Waals surface area contributed by atoms with E-state index < -0.39 is 0 Å². The quantitative estimate of drug-likeness (QED) is 0.311. The molecule has 0 amide bonds. The minimum absolute atomic E-state index is 0.220. The Bertz CT molecular complexity index is 1100. The first-order valence-electron chi connectivity index (χ1n) is 12.2. The molecule has 1 aliphatic rings. The minimum Gasteiger partial charge on any atom is -0.381 e. The van der Waals surface area contributed by atoms with Gasteiger partial charge in [-0.05, 0) is 92.6 Å². The molecule has 180 valence electrons. The second kappa shape index (κ2) is 11.7. The van der Waals surface area contributed by atoms with Crippen LogP contribution in [0.3, 0.4) is 0 Å². The van der Waals surface area contributed by atoms with Crippen molar-refractivity contribution in [1.82, 2.24) is 10.3 Å². The van der Waals surface area contributed by atoms with Gasteiger partial charge < -0.3 is 16.0 Å².